The Hall–Kier alpha value is -3.69. The maximum Gasteiger partial charge on any atom is 0.343 e. The minimum absolute atomic E-state index is 0.219. The Morgan fingerprint density at radius 1 is 0.971 bits per heavy atom. The number of rotatable bonds is 7. The van der Waals surface area contributed by atoms with Crippen LogP contribution in [0.2, 0.25) is 5.02 Å². The summed E-state index contributed by atoms with van der Waals surface area (Å²) in [7, 11) is 0. The highest BCUT2D eigenvalue weighted by molar-refractivity contribution is 9.10. The fourth-order valence-corrected chi connectivity index (χ4v) is 3.03. The van der Waals surface area contributed by atoms with Crippen molar-refractivity contribution in [3.05, 3.63) is 87.4 Å². The topological polar surface area (TPSA) is 106 Å². The first-order valence-corrected chi connectivity index (χ1v) is 11.2. The average molecular weight is 545 g/mol. The summed E-state index contributed by atoms with van der Waals surface area (Å²) >= 11 is 9.14. The molecule has 34 heavy (non-hydrogen) atoms. The van der Waals surface area contributed by atoms with Crippen LogP contribution in [0.1, 0.15) is 22.8 Å². The predicted octanol–water partition coefficient (Wildman–Crippen LogP) is 4.81. The highest BCUT2D eigenvalue weighted by atomic mass is 79.9. The number of anilines is 1. The molecule has 8 nitrogen and oxygen atoms in total. The van der Waals surface area contributed by atoms with Gasteiger partial charge in [-0.1, -0.05) is 27.5 Å². The van der Waals surface area contributed by atoms with Gasteiger partial charge >= 0.3 is 17.8 Å². The smallest absolute Gasteiger partial charge is 0.343 e. The van der Waals surface area contributed by atoms with Crippen molar-refractivity contribution in [1.29, 1.82) is 0 Å². The van der Waals surface area contributed by atoms with Gasteiger partial charge in [0.15, 0.2) is 11.5 Å². The number of amides is 2. The van der Waals surface area contributed by atoms with Gasteiger partial charge in [-0.25, -0.2) is 10.2 Å². The normalized spacial score (nSPS) is 10.6. The van der Waals surface area contributed by atoms with E-state index in [9.17, 15) is 14.4 Å². The first-order valence-electron chi connectivity index (χ1n) is 10.00. The number of carbonyl (C=O) groups excluding carboxylic acids is 3. The second-order valence-corrected chi connectivity index (χ2v) is 8.05. The number of hydrazone groups is 1. The first kappa shape index (κ1) is 24.9. The zero-order valence-corrected chi connectivity index (χ0v) is 20.2. The fraction of sp³-hybridized carbons (Fsp3) is 0.0833. The van der Waals surface area contributed by atoms with E-state index in [-0.39, 0.29) is 5.75 Å². The van der Waals surface area contributed by atoms with Gasteiger partial charge in [0.25, 0.3) is 0 Å². The Bertz CT molecular complexity index is 1210. The van der Waals surface area contributed by atoms with Gasteiger partial charge in [-0.05, 0) is 79.2 Å². The van der Waals surface area contributed by atoms with Crippen LogP contribution in [-0.4, -0.2) is 30.6 Å². The summed E-state index contributed by atoms with van der Waals surface area (Å²) < 4.78 is 11.8. The monoisotopic (exact) mass is 543 g/mol. The highest BCUT2D eigenvalue weighted by Crippen LogP contribution is 2.29. The molecule has 174 valence electrons. The highest BCUT2D eigenvalue weighted by Gasteiger charge is 2.14. The molecule has 0 atom stereocenters. The quantitative estimate of drug-likeness (QED) is 0.146. The maximum absolute atomic E-state index is 12.4. The summed E-state index contributed by atoms with van der Waals surface area (Å²) in [5, 5.41) is 6.77. The molecule has 0 aliphatic rings. The number of hydrogen-bond donors (Lipinski definition) is 2. The third-order valence-corrected chi connectivity index (χ3v) is 5.02. The molecule has 0 bridgehead atoms. The summed E-state index contributed by atoms with van der Waals surface area (Å²) in [6.07, 6.45) is 1.33. The van der Waals surface area contributed by atoms with Crippen LogP contribution < -0.4 is 20.2 Å². The second kappa shape index (κ2) is 12.0. The molecular weight excluding hydrogens is 526 g/mol. The molecule has 0 radical (unpaired) electrons. The van der Waals surface area contributed by atoms with Crippen molar-refractivity contribution in [1.82, 2.24) is 5.43 Å². The third kappa shape index (κ3) is 7.16. The molecule has 3 rings (SSSR count). The van der Waals surface area contributed by atoms with Gasteiger partial charge in [0.1, 0.15) is 0 Å². The number of carbonyl (C=O) groups is 3. The Morgan fingerprint density at radius 2 is 1.68 bits per heavy atom. The van der Waals surface area contributed by atoms with E-state index in [1.54, 1.807) is 73.7 Å². The third-order valence-electron chi connectivity index (χ3n) is 4.24. The van der Waals surface area contributed by atoms with E-state index in [0.29, 0.717) is 34.2 Å². The molecule has 0 fully saturated rings. The van der Waals surface area contributed by atoms with Gasteiger partial charge < -0.3 is 14.8 Å². The molecule has 10 heteroatoms. The van der Waals surface area contributed by atoms with Crippen LogP contribution in [0.15, 0.2) is 76.3 Å². The van der Waals surface area contributed by atoms with Crippen molar-refractivity contribution < 1.29 is 23.9 Å². The van der Waals surface area contributed by atoms with Crippen LogP contribution in [-0.2, 0) is 9.59 Å². The number of esters is 1. The van der Waals surface area contributed by atoms with Crippen molar-refractivity contribution in [3.8, 4) is 11.5 Å². The summed E-state index contributed by atoms with van der Waals surface area (Å²) in [4.78, 5) is 36.3. The Labute approximate surface area is 209 Å². The number of hydrogen-bond acceptors (Lipinski definition) is 6. The van der Waals surface area contributed by atoms with Crippen molar-refractivity contribution >= 4 is 57.2 Å². The van der Waals surface area contributed by atoms with Crippen LogP contribution in [0.3, 0.4) is 0 Å². The molecule has 0 aliphatic carbocycles. The van der Waals surface area contributed by atoms with Crippen LogP contribution in [0.25, 0.3) is 0 Å². The second-order valence-electron chi connectivity index (χ2n) is 6.70. The molecule has 0 aliphatic heterocycles. The van der Waals surface area contributed by atoms with E-state index in [0.717, 1.165) is 4.47 Å². The Morgan fingerprint density at radius 3 is 2.35 bits per heavy atom. The lowest BCUT2D eigenvalue weighted by Crippen LogP contribution is -2.32. The van der Waals surface area contributed by atoms with Crippen molar-refractivity contribution in [2.45, 2.75) is 6.92 Å². The molecule has 0 heterocycles. The van der Waals surface area contributed by atoms with E-state index < -0.39 is 17.8 Å². The van der Waals surface area contributed by atoms with Gasteiger partial charge in [-0.2, -0.15) is 5.10 Å². The van der Waals surface area contributed by atoms with Gasteiger partial charge in [0.05, 0.1) is 18.4 Å². The predicted molar refractivity (Wildman–Crippen MR) is 133 cm³/mol. The van der Waals surface area contributed by atoms with Crippen LogP contribution in [0, 0.1) is 0 Å². The fourth-order valence-electron chi connectivity index (χ4n) is 2.64. The SMILES string of the molecule is CCOc1cc(C=NNC(=O)C(=O)Nc2ccc(Br)cc2)ccc1OC(=O)c1ccc(Cl)cc1. The van der Waals surface area contributed by atoms with Gasteiger partial charge in [0.2, 0.25) is 0 Å². The Balaban J connectivity index is 1.62. The molecule has 0 saturated heterocycles. The molecule has 0 aromatic heterocycles. The van der Waals surface area contributed by atoms with E-state index >= 15 is 0 Å². The number of benzene rings is 3. The van der Waals surface area contributed by atoms with Crippen LogP contribution in [0.5, 0.6) is 11.5 Å². The summed E-state index contributed by atoms with van der Waals surface area (Å²) in [5.74, 6) is -1.83. The minimum Gasteiger partial charge on any atom is -0.490 e. The Kier molecular flexibility index (Phi) is 8.78. The summed E-state index contributed by atoms with van der Waals surface area (Å²) in [5.41, 5.74) is 3.51. The first-order chi connectivity index (χ1) is 16.4. The number of nitrogens with zero attached hydrogens (tertiary/aromatic N) is 1. The lowest BCUT2D eigenvalue weighted by atomic mass is 10.2. The van der Waals surface area contributed by atoms with E-state index in [1.807, 2.05) is 0 Å². The molecule has 0 unspecified atom stereocenters. The molecular formula is C24H19BrClN3O5. The van der Waals surface area contributed by atoms with Gasteiger partial charge in [0, 0.05) is 15.2 Å². The van der Waals surface area contributed by atoms with E-state index in [4.69, 9.17) is 21.1 Å². The maximum atomic E-state index is 12.4. The average Bonchev–Trinajstić information content (AvgIpc) is 2.82. The zero-order valence-electron chi connectivity index (χ0n) is 17.9. The summed E-state index contributed by atoms with van der Waals surface area (Å²) in [6.45, 7) is 2.12. The minimum atomic E-state index is -0.933. The molecule has 0 spiro atoms. The lowest BCUT2D eigenvalue weighted by molar-refractivity contribution is -0.136. The standard InChI is InChI=1S/C24H19BrClN3O5/c1-2-33-21-13-15(3-12-20(21)34-24(32)16-4-8-18(26)9-5-16)14-27-29-23(31)22(30)28-19-10-6-17(25)7-11-19/h3-14H,2H2,1H3,(H,28,30)(H,29,31). The van der Waals surface area contributed by atoms with E-state index in [2.05, 4.69) is 31.8 Å². The number of halogens is 2. The van der Waals surface area contributed by atoms with Crippen molar-refractivity contribution in [2.75, 3.05) is 11.9 Å². The number of ether oxygens (including phenoxy) is 2. The molecule has 0 saturated carbocycles. The van der Waals surface area contributed by atoms with E-state index in [1.165, 1.54) is 6.21 Å². The molecule has 3 aromatic rings. The van der Waals surface area contributed by atoms with Gasteiger partial charge in [-0.15, -0.1) is 0 Å². The van der Waals surface area contributed by atoms with Crippen molar-refractivity contribution in [3.63, 3.8) is 0 Å². The summed E-state index contributed by atoms with van der Waals surface area (Å²) in [6, 6.07) is 17.8. The molecule has 3 aromatic carbocycles. The lowest BCUT2D eigenvalue weighted by Gasteiger charge is -2.11. The molecule has 2 amide bonds. The van der Waals surface area contributed by atoms with Crippen LogP contribution >= 0.6 is 27.5 Å². The van der Waals surface area contributed by atoms with Gasteiger partial charge in [-0.3, -0.25) is 9.59 Å². The largest absolute Gasteiger partial charge is 0.490 e. The zero-order chi connectivity index (χ0) is 24.5. The van der Waals surface area contributed by atoms with Crippen molar-refractivity contribution in [2.24, 2.45) is 5.10 Å². The van der Waals surface area contributed by atoms with Crippen LogP contribution in [0.4, 0.5) is 5.69 Å². The molecule has 2 N–H and O–H groups in total. The number of nitrogens with one attached hydrogen (secondary N) is 2.